The Morgan fingerprint density at radius 2 is 2.05 bits per heavy atom. The number of nitrogens with zero attached hydrogens (tertiary/aromatic N) is 1. The van der Waals surface area contributed by atoms with Gasteiger partial charge in [0, 0.05) is 24.2 Å². The molecule has 0 atom stereocenters. The van der Waals surface area contributed by atoms with E-state index in [1.165, 1.54) is 13.3 Å². The number of pyridine rings is 2. The van der Waals surface area contributed by atoms with Gasteiger partial charge in [-0.1, -0.05) is 0 Å². The third kappa shape index (κ3) is 2.54. The predicted molar refractivity (Wildman–Crippen MR) is 72.8 cm³/mol. The molecule has 2 aromatic heterocycles. The second-order valence-electron chi connectivity index (χ2n) is 3.90. The molecule has 0 spiro atoms. The van der Waals surface area contributed by atoms with Crippen LogP contribution >= 0.6 is 0 Å². The highest BCUT2D eigenvalue weighted by Crippen LogP contribution is 2.30. The molecule has 0 saturated carbocycles. The highest BCUT2D eigenvalue weighted by molar-refractivity contribution is 5.95. The smallest absolute Gasteiger partial charge is 0.347 e. The second-order valence-corrected chi connectivity index (χ2v) is 3.90. The summed E-state index contributed by atoms with van der Waals surface area (Å²) in [6.45, 7) is 1.85. The van der Waals surface area contributed by atoms with Crippen molar-refractivity contribution in [2.24, 2.45) is 0 Å². The molecule has 6 nitrogen and oxygen atoms in total. The van der Waals surface area contributed by atoms with Gasteiger partial charge in [-0.2, -0.15) is 0 Å². The summed E-state index contributed by atoms with van der Waals surface area (Å²) in [6.07, 6.45) is 4.73. The summed E-state index contributed by atoms with van der Waals surface area (Å²) in [7, 11) is 1.40. The van der Waals surface area contributed by atoms with E-state index in [2.05, 4.69) is 9.97 Å². The number of carbonyl (C=O) groups is 1. The van der Waals surface area contributed by atoms with Gasteiger partial charge in [-0.05, 0) is 24.6 Å². The van der Waals surface area contributed by atoms with E-state index in [0.29, 0.717) is 5.56 Å². The van der Waals surface area contributed by atoms with Crippen LogP contribution in [0.2, 0.25) is 0 Å². The molecule has 0 aliphatic rings. The molecule has 2 aromatic rings. The van der Waals surface area contributed by atoms with Gasteiger partial charge in [-0.25, -0.2) is 4.79 Å². The van der Waals surface area contributed by atoms with Crippen molar-refractivity contribution in [3.8, 4) is 16.9 Å². The number of carbonyl (C=O) groups excluding carboxylic acids is 1. The number of esters is 1. The van der Waals surface area contributed by atoms with Gasteiger partial charge in [-0.3, -0.25) is 9.78 Å². The summed E-state index contributed by atoms with van der Waals surface area (Å²) in [5.74, 6) is -0.514. The second kappa shape index (κ2) is 6.01. The van der Waals surface area contributed by atoms with Crippen LogP contribution in [0.5, 0.6) is 5.75 Å². The standard InChI is InChI=1S/C14H14N2O4/c1-3-20-14(18)11-12(19-2)10(8-16-13(11)17)9-4-6-15-7-5-9/h4-8H,3H2,1-2H3,(H,16,17). The zero-order valence-corrected chi connectivity index (χ0v) is 11.2. The number of hydrogen-bond donors (Lipinski definition) is 1. The van der Waals surface area contributed by atoms with Crippen molar-refractivity contribution < 1.29 is 14.3 Å². The molecule has 0 saturated heterocycles. The minimum Gasteiger partial charge on any atom is -0.495 e. The van der Waals surface area contributed by atoms with Crippen molar-refractivity contribution in [1.29, 1.82) is 0 Å². The fourth-order valence-electron chi connectivity index (χ4n) is 1.86. The summed E-state index contributed by atoms with van der Waals surface area (Å²) in [6, 6.07) is 3.51. The fourth-order valence-corrected chi connectivity index (χ4v) is 1.86. The average Bonchev–Trinajstić information content (AvgIpc) is 2.47. The maximum absolute atomic E-state index is 11.9. The lowest BCUT2D eigenvalue weighted by Gasteiger charge is -2.12. The molecule has 0 radical (unpaired) electrons. The Morgan fingerprint density at radius 3 is 2.65 bits per heavy atom. The van der Waals surface area contributed by atoms with Crippen molar-refractivity contribution in [1.82, 2.24) is 9.97 Å². The van der Waals surface area contributed by atoms with E-state index in [0.717, 1.165) is 5.56 Å². The maximum Gasteiger partial charge on any atom is 0.347 e. The lowest BCUT2D eigenvalue weighted by molar-refractivity contribution is 0.0520. The summed E-state index contributed by atoms with van der Waals surface area (Å²) < 4.78 is 10.1. The minimum absolute atomic E-state index is 0.135. The number of aromatic amines is 1. The summed E-state index contributed by atoms with van der Waals surface area (Å²) in [5.41, 5.74) is 0.693. The van der Waals surface area contributed by atoms with E-state index >= 15 is 0 Å². The topological polar surface area (TPSA) is 81.3 Å². The molecule has 0 aliphatic heterocycles. The minimum atomic E-state index is -0.707. The van der Waals surface area contributed by atoms with Gasteiger partial charge in [0.25, 0.3) is 5.56 Å². The van der Waals surface area contributed by atoms with Crippen LogP contribution in [-0.2, 0) is 4.74 Å². The van der Waals surface area contributed by atoms with Gasteiger partial charge < -0.3 is 14.5 Å². The first-order valence-electron chi connectivity index (χ1n) is 6.06. The van der Waals surface area contributed by atoms with E-state index in [1.54, 1.807) is 31.5 Å². The summed E-state index contributed by atoms with van der Waals surface area (Å²) in [5, 5.41) is 0. The molecule has 0 unspecified atom stereocenters. The molecule has 0 fully saturated rings. The first-order chi connectivity index (χ1) is 9.69. The number of ether oxygens (including phenoxy) is 2. The van der Waals surface area contributed by atoms with Crippen LogP contribution in [-0.4, -0.2) is 29.7 Å². The average molecular weight is 274 g/mol. The summed E-state index contributed by atoms with van der Waals surface area (Å²) in [4.78, 5) is 30.2. The van der Waals surface area contributed by atoms with Gasteiger partial charge in [-0.15, -0.1) is 0 Å². The van der Waals surface area contributed by atoms with Gasteiger partial charge in [0.1, 0.15) is 5.75 Å². The third-order valence-electron chi connectivity index (χ3n) is 2.72. The molecule has 0 aromatic carbocycles. The Bertz CT molecular complexity index is 665. The Balaban J connectivity index is 2.64. The van der Waals surface area contributed by atoms with Gasteiger partial charge in [0.2, 0.25) is 0 Å². The molecule has 6 heteroatoms. The van der Waals surface area contributed by atoms with E-state index in [4.69, 9.17) is 9.47 Å². The number of aromatic nitrogens is 2. The van der Waals surface area contributed by atoms with E-state index in [9.17, 15) is 9.59 Å². The van der Waals surface area contributed by atoms with Gasteiger partial charge in [0.05, 0.1) is 13.7 Å². The number of rotatable bonds is 4. The molecule has 104 valence electrons. The molecular weight excluding hydrogens is 260 g/mol. The molecule has 0 amide bonds. The Kier molecular flexibility index (Phi) is 4.14. The number of hydrogen-bond acceptors (Lipinski definition) is 5. The van der Waals surface area contributed by atoms with Crippen LogP contribution in [0, 0.1) is 0 Å². The van der Waals surface area contributed by atoms with E-state index < -0.39 is 11.5 Å². The van der Waals surface area contributed by atoms with Crippen LogP contribution < -0.4 is 10.3 Å². The Morgan fingerprint density at radius 1 is 1.35 bits per heavy atom. The first kappa shape index (κ1) is 13.8. The lowest BCUT2D eigenvalue weighted by atomic mass is 10.1. The highest BCUT2D eigenvalue weighted by atomic mass is 16.5. The van der Waals surface area contributed by atoms with Crippen molar-refractivity contribution >= 4 is 5.97 Å². The quantitative estimate of drug-likeness (QED) is 0.857. The van der Waals surface area contributed by atoms with Crippen LogP contribution in [0.1, 0.15) is 17.3 Å². The number of nitrogens with one attached hydrogen (secondary N) is 1. The zero-order valence-electron chi connectivity index (χ0n) is 11.2. The third-order valence-corrected chi connectivity index (χ3v) is 2.72. The largest absolute Gasteiger partial charge is 0.495 e. The first-order valence-corrected chi connectivity index (χ1v) is 6.06. The van der Waals surface area contributed by atoms with Crippen LogP contribution in [0.25, 0.3) is 11.1 Å². The van der Waals surface area contributed by atoms with Gasteiger partial charge in [0.15, 0.2) is 5.56 Å². The van der Waals surface area contributed by atoms with Crippen LogP contribution in [0.3, 0.4) is 0 Å². The molecule has 2 rings (SSSR count). The summed E-state index contributed by atoms with van der Waals surface area (Å²) >= 11 is 0. The van der Waals surface area contributed by atoms with Gasteiger partial charge >= 0.3 is 5.97 Å². The molecule has 0 bridgehead atoms. The maximum atomic E-state index is 11.9. The molecule has 2 heterocycles. The van der Waals surface area contributed by atoms with Crippen molar-refractivity contribution in [2.75, 3.05) is 13.7 Å². The van der Waals surface area contributed by atoms with Crippen molar-refractivity contribution in [3.05, 3.63) is 46.6 Å². The fraction of sp³-hybridized carbons (Fsp3) is 0.214. The number of methoxy groups -OCH3 is 1. The highest BCUT2D eigenvalue weighted by Gasteiger charge is 2.22. The molecular formula is C14H14N2O4. The van der Waals surface area contributed by atoms with Crippen molar-refractivity contribution in [3.63, 3.8) is 0 Å². The Labute approximate surface area is 115 Å². The van der Waals surface area contributed by atoms with Crippen molar-refractivity contribution in [2.45, 2.75) is 6.92 Å². The SMILES string of the molecule is CCOC(=O)c1c(OC)c(-c2ccncc2)c[nH]c1=O. The molecule has 20 heavy (non-hydrogen) atoms. The molecule has 1 N–H and O–H groups in total. The van der Waals surface area contributed by atoms with Crippen LogP contribution in [0.4, 0.5) is 0 Å². The van der Waals surface area contributed by atoms with E-state index in [-0.39, 0.29) is 17.9 Å². The van der Waals surface area contributed by atoms with Crippen LogP contribution in [0.15, 0.2) is 35.5 Å². The zero-order chi connectivity index (χ0) is 14.5. The lowest BCUT2D eigenvalue weighted by Crippen LogP contribution is -2.21. The van der Waals surface area contributed by atoms with E-state index in [1.807, 2.05) is 0 Å². The molecule has 0 aliphatic carbocycles. The number of H-pyrrole nitrogens is 1. The Hall–Kier alpha value is -2.63. The predicted octanol–water partition coefficient (Wildman–Crippen LogP) is 1.62. The monoisotopic (exact) mass is 274 g/mol. The normalized spacial score (nSPS) is 10.1.